The van der Waals surface area contributed by atoms with E-state index in [9.17, 15) is 14.7 Å². The number of hydrogen-bond acceptors (Lipinski definition) is 9. The predicted molar refractivity (Wildman–Crippen MR) is 211 cm³/mol. The third-order valence-electron chi connectivity index (χ3n) is 11.8. The van der Waals surface area contributed by atoms with E-state index in [-0.39, 0.29) is 46.5 Å². The number of carbonyl (C=O) groups is 4. The maximum absolute atomic E-state index is 15.6. The normalized spacial score (nSPS) is 25.3. The summed E-state index contributed by atoms with van der Waals surface area (Å²) in [4.78, 5) is 60.7. The van der Waals surface area contributed by atoms with Crippen molar-refractivity contribution in [2.45, 2.75) is 24.2 Å². The second-order valence-electron chi connectivity index (χ2n) is 14.3. The minimum Gasteiger partial charge on any atom is -0.507 e. The maximum atomic E-state index is 15.6. The van der Waals surface area contributed by atoms with Gasteiger partial charge in [-0.05, 0) is 72.4 Å². The zero-order valence-corrected chi connectivity index (χ0v) is 32.1. The van der Waals surface area contributed by atoms with Crippen molar-refractivity contribution < 1.29 is 38.5 Å². The van der Waals surface area contributed by atoms with Gasteiger partial charge in [-0.2, -0.15) is 5.01 Å². The van der Waals surface area contributed by atoms with Crippen LogP contribution in [-0.4, -0.2) is 55.1 Å². The lowest BCUT2D eigenvalue weighted by atomic mass is 9.49. The molecule has 2 saturated heterocycles. The molecule has 1 saturated carbocycles. The summed E-state index contributed by atoms with van der Waals surface area (Å²) >= 11 is 12.8. The number of halogens is 2. The number of benzene rings is 4. The van der Waals surface area contributed by atoms with Crippen LogP contribution < -0.4 is 24.5 Å². The Morgan fingerprint density at radius 3 is 2.20 bits per heavy atom. The molecule has 0 spiro atoms. The minimum atomic E-state index is -1.71. The summed E-state index contributed by atoms with van der Waals surface area (Å²) in [5.41, 5.74) is 4.10. The topological polar surface area (TPSA) is 135 Å². The van der Waals surface area contributed by atoms with Gasteiger partial charge in [0.2, 0.25) is 11.8 Å². The highest BCUT2D eigenvalue weighted by Crippen LogP contribution is 2.66. The van der Waals surface area contributed by atoms with E-state index < -0.39 is 52.7 Å². The molecule has 6 atom stereocenters. The van der Waals surface area contributed by atoms with Crippen LogP contribution in [0.25, 0.3) is 6.08 Å². The number of hydrogen-bond donors (Lipinski definition) is 2. The molecular formula is C43H37Cl2N3O8. The van der Waals surface area contributed by atoms with E-state index in [4.69, 9.17) is 37.4 Å². The number of methoxy groups -OCH3 is 3. The molecule has 4 aromatic rings. The molecule has 0 radical (unpaired) electrons. The molecule has 8 rings (SSSR count). The van der Waals surface area contributed by atoms with Gasteiger partial charge in [-0.3, -0.25) is 29.5 Å². The number of hydrazine groups is 1. The largest absolute Gasteiger partial charge is 0.507 e. The number of fused-ring (bicyclic) bond motifs is 4. The molecule has 0 bridgehead atoms. The zero-order chi connectivity index (χ0) is 39.6. The first kappa shape index (κ1) is 37.2. The van der Waals surface area contributed by atoms with Crippen LogP contribution in [0.3, 0.4) is 0 Å². The predicted octanol–water partition coefficient (Wildman–Crippen LogP) is 7.56. The number of imide groups is 2. The maximum Gasteiger partial charge on any atom is 0.260 e. The van der Waals surface area contributed by atoms with Crippen LogP contribution in [0.2, 0.25) is 10.0 Å². The molecule has 0 aromatic heterocycles. The van der Waals surface area contributed by atoms with Crippen molar-refractivity contribution in [3.05, 3.63) is 124 Å². The smallest absolute Gasteiger partial charge is 0.260 e. The second kappa shape index (κ2) is 14.1. The third-order valence-corrected chi connectivity index (χ3v) is 12.4. The highest BCUT2D eigenvalue weighted by molar-refractivity contribution is 6.36. The van der Waals surface area contributed by atoms with Gasteiger partial charge in [-0.25, -0.2) is 0 Å². The summed E-state index contributed by atoms with van der Waals surface area (Å²) < 4.78 is 16.9. The SMILES string of the molecule is C=Cc1ccc(N2C(=O)[C@H]3[C@H](CC=C4[C@H]3C[C@H]3C(=O)N(Nc5ccc(Cl)cc5Cl)C(=O)[C@@]3(c3ccc(OC)cc3)[C@H]4c3c(O)cc(OC)cc3OC)C2=O)cc1. The molecule has 4 aromatic carbocycles. The van der Waals surface area contributed by atoms with Gasteiger partial charge < -0.3 is 19.3 Å². The van der Waals surface area contributed by atoms with Crippen molar-refractivity contribution in [2.24, 2.45) is 23.7 Å². The van der Waals surface area contributed by atoms with Gasteiger partial charge in [0, 0.05) is 28.6 Å². The summed E-state index contributed by atoms with van der Waals surface area (Å²) in [5.74, 6) is -5.62. The Morgan fingerprint density at radius 2 is 1.55 bits per heavy atom. The molecule has 286 valence electrons. The molecule has 2 aliphatic heterocycles. The van der Waals surface area contributed by atoms with Crippen molar-refractivity contribution in [3.63, 3.8) is 0 Å². The van der Waals surface area contributed by atoms with E-state index in [1.165, 1.54) is 38.4 Å². The Morgan fingerprint density at radius 1 is 0.839 bits per heavy atom. The molecule has 56 heavy (non-hydrogen) atoms. The number of aromatic hydroxyl groups is 1. The first-order chi connectivity index (χ1) is 27.0. The molecule has 4 aliphatic rings. The van der Waals surface area contributed by atoms with Gasteiger partial charge in [0.25, 0.3) is 11.8 Å². The van der Waals surface area contributed by atoms with Crippen molar-refractivity contribution >= 4 is 64.3 Å². The highest BCUT2D eigenvalue weighted by Gasteiger charge is 2.71. The van der Waals surface area contributed by atoms with Gasteiger partial charge in [-0.15, -0.1) is 0 Å². The van der Waals surface area contributed by atoms with Gasteiger partial charge in [-0.1, -0.05) is 71.8 Å². The fourth-order valence-electron chi connectivity index (χ4n) is 9.34. The first-order valence-corrected chi connectivity index (χ1v) is 18.7. The number of amides is 4. The number of carbonyl (C=O) groups excluding carboxylic acids is 4. The molecule has 11 nitrogen and oxygen atoms in total. The van der Waals surface area contributed by atoms with Crippen LogP contribution in [0.15, 0.2) is 97.1 Å². The second-order valence-corrected chi connectivity index (χ2v) is 15.1. The number of phenols is 1. The molecule has 0 unspecified atom stereocenters. The van der Waals surface area contributed by atoms with Crippen LogP contribution in [0.4, 0.5) is 11.4 Å². The molecule has 13 heteroatoms. The van der Waals surface area contributed by atoms with E-state index in [0.29, 0.717) is 33.3 Å². The summed E-state index contributed by atoms with van der Waals surface area (Å²) in [6.07, 6.45) is 3.80. The average Bonchev–Trinajstić information content (AvgIpc) is 3.59. The molecule has 2 heterocycles. The van der Waals surface area contributed by atoms with E-state index in [1.807, 2.05) is 6.08 Å². The summed E-state index contributed by atoms with van der Waals surface area (Å²) in [6, 6.07) is 21.5. The van der Waals surface area contributed by atoms with Crippen LogP contribution in [0.1, 0.15) is 35.4 Å². The van der Waals surface area contributed by atoms with Crippen molar-refractivity contribution in [3.8, 4) is 23.0 Å². The van der Waals surface area contributed by atoms with Crippen LogP contribution in [-0.2, 0) is 24.6 Å². The van der Waals surface area contributed by atoms with E-state index in [1.54, 1.807) is 72.8 Å². The lowest BCUT2D eigenvalue weighted by Gasteiger charge is -2.50. The van der Waals surface area contributed by atoms with Gasteiger partial charge >= 0.3 is 0 Å². The minimum absolute atomic E-state index is 0.0358. The Bertz CT molecular complexity index is 2350. The number of anilines is 2. The number of allylic oxidation sites excluding steroid dienone is 2. The van der Waals surface area contributed by atoms with Crippen LogP contribution in [0, 0.1) is 23.7 Å². The lowest BCUT2D eigenvalue weighted by molar-refractivity contribution is -0.138. The average molecular weight is 795 g/mol. The van der Waals surface area contributed by atoms with Crippen molar-refractivity contribution in [1.29, 1.82) is 0 Å². The van der Waals surface area contributed by atoms with E-state index >= 15 is 9.59 Å². The van der Waals surface area contributed by atoms with Crippen LogP contribution in [0.5, 0.6) is 23.0 Å². The third kappa shape index (κ3) is 5.47. The molecule has 2 N–H and O–H groups in total. The lowest BCUT2D eigenvalue weighted by Crippen LogP contribution is -2.53. The zero-order valence-electron chi connectivity index (χ0n) is 30.6. The molecule has 3 fully saturated rings. The van der Waals surface area contributed by atoms with E-state index in [2.05, 4.69) is 12.0 Å². The molecule has 4 amide bonds. The van der Waals surface area contributed by atoms with Gasteiger partial charge in [0.05, 0.1) is 60.9 Å². The first-order valence-electron chi connectivity index (χ1n) is 18.0. The number of phenolic OH excluding ortho intramolecular Hbond substituents is 1. The van der Waals surface area contributed by atoms with Gasteiger partial charge in [0.15, 0.2) is 0 Å². The number of ether oxygens (including phenoxy) is 3. The Kier molecular flexibility index (Phi) is 9.33. The Labute approximate surface area is 333 Å². The standard InChI is InChI=1S/C43H37Cl2N3O8/c1-5-22-6-11-25(12-7-22)47-39(50)29-16-15-28-30(36(29)41(47)52)21-31-40(51)48(46-33-17-10-24(44)18-32(33)45)42(53)43(31,23-8-13-26(54-2)14-9-23)38(28)37-34(49)19-27(55-3)20-35(37)56-4/h5-15,17-20,29-31,36,38,46,49H,1,16,21H2,2-4H3/t29-,30+,31-,36-,38+,43+/m0/s1. The van der Waals surface area contributed by atoms with Crippen LogP contribution >= 0.6 is 23.2 Å². The fourth-order valence-corrected chi connectivity index (χ4v) is 9.79. The van der Waals surface area contributed by atoms with Gasteiger partial charge in [0.1, 0.15) is 23.0 Å². The summed E-state index contributed by atoms with van der Waals surface area (Å²) in [5, 5.41) is 13.5. The fraction of sp³-hybridized carbons (Fsp3) is 0.256. The Hall–Kier alpha value is -5.78. The summed E-state index contributed by atoms with van der Waals surface area (Å²) in [6.45, 7) is 3.80. The molecular weight excluding hydrogens is 757 g/mol. The Balaban J connectivity index is 1.36. The van der Waals surface area contributed by atoms with Crippen molar-refractivity contribution in [2.75, 3.05) is 31.7 Å². The highest BCUT2D eigenvalue weighted by atomic mass is 35.5. The number of nitrogens with zero attached hydrogens (tertiary/aromatic N) is 2. The quantitative estimate of drug-likeness (QED) is 0.130. The van der Waals surface area contributed by atoms with Crippen molar-refractivity contribution in [1.82, 2.24) is 5.01 Å². The van der Waals surface area contributed by atoms with E-state index in [0.717, 1.165) is 10.6 Å². The number of nitrogens with one attached hydrogen (secondary N) is 1. The summed E-state index contributed by atoms with van der Waals surface area (Å²) in [7, 11) is 4.41. The monoisotopic (exact) mass is 793 g/mol. The number of rotatable bonds is 9. The molecule has 2 aliphatic carbocycles.